The number of thiophene rings is 1. The largest absolute Gasteiger partial charge is 0.440 e. The highest BCUT2D eigenvalue weighted by atomic mass is 32.1. The van der Waals surface area contributed by atoms with Crippen molar-refractivity contribution < 1.29 is 9.15 Å². The van der Waals surface area contributed by atoms with Gasteiger partial charge in [0, 0.05) is 37.9 Å². The summed E-state index contributed by atoms with van der Waals surface area (Å²) < 4.78 is 11.2. The number of ether oxygens (including phenoxy) is 1. The predicted octanol–water partition coefficient (Wildman–Crippen LogP) is 3.23. The standard InChI is InChI=1S/C19H22N4O2S/c1-14-16(22-19(25-14)17-5-3-11-26-17)13-20-12-15-4-2-6-21-18(15)23-7-9-24-10-8-23/h2-6,11,20H,7-10,12-13H2,1H3. The van der Waals surface area contributed by atoms with E-state index in [0.29, 0.717) is 12.4 Å². The molecule has 1 fully saturated rings. The van der Waals surface area contributed by atoms with Crippen LogP contribution >= 0.6 is 11.3 Å². The van der Waals surface area contributed by atoms with Crippen molar-refractivity contribution >= 4 is 17.2 Å². The molecular weight excluding hydrogens is 348 g/mol. The van der Waals surface area contributed by atoms with Crippen molar-refractivity contribution in [3.05, 3.63) is 52.9 Å². The Morgan fingerprint density at radius 2 is 2.08 bits per heavy atom. The Hall–Kier alpha value is -2.22. The van der Waals surface area contributed by atoms with Gasteiger partial charge in [-0.3, -0.25) is 0 Å². The number of nitrogens with one attached hydrogen (secondary N) is 1. The fourth-order valence-corrected chi connectivity index (χ4v) is 3.69. The Morgan fingerprint density at radius 1 is 1.19 bits per heavy atom. The number of morpholine rings is 1. The summed E-state index contributed by atoms with van der Waals surface area (Å²) in [5.74, 6) is 2.60. The highest BCUT2D eigenvalue weighted by molar-refractivity contribution is 7.13. The van der Waals surface area contributed by atoms with E-state index < -0.39 is 0 Å². The molecule has 1 saturated heterocycles. The number of nitrogens with zero attached hydrogens (tertiary/aromatic N) is 3. The van der Waals surface area contributed by atoms with Crippen LogP contribution in [0.25, 0.3) is 10.8 Å². The summed E-state index contributed by atoms with van der Waals surface area (Å²) in [6, 6.07) is 8.14. The number of hydrogen-bond donors (Lipinski definition) is 1. The fourth-order valence-electron chi connectivity index (χ4n) is 3.04. The molecule has 3 aromatic heterocycles. The molecular formula is C19H22N4O2S. The molecule has 0 aromatic carbocycles. The van der Waals surface area contributed by atoms with Crippen LogP contribution in [0.4, 0.5) is 5.82 Å². The highest BCUT2D eigenvalue weighted by Crippen LogP contribution is 2.26. The van der Waals surface area contributed by atoms with E-state index in [4.69, 9.17) is 9.15 Å². The van der Waals surface area contributed by atoms with Crippen molar-refractivity contribution in [1.29, 1.82) is 0 Å². The second-order valence-corrected chi connectivity index (χ2v) is 7.14. The van der Waals surface area contributed by atoms with E-state index in [1.807, 2.05) is 36.7 Å². The summed E-state index contributed by atoms with van der Waals surface area (Å²) in [6.45, 7) is 6.65. The summed E-state index contributed by atoms with van der Waals surface area (Å²) in [6.07, 6.45) is 1.85. The Labute approximate surface area is 156 Å². The molecule has 0 amide bonds. The van der Waals surface area contributed by atoms with E-state index in [1.54, 1.807) is 11.3 Å². The molecule has 6 nitrogen and oxygen atoms in total. The van der Waals surface area contributed by atoms with Crippen LogP contribution in [0.15, 0.2) is 40.3 Å². The molecule has 0 unspecified atom stereocenters. The first-order chi connectivity index (χ1) is 12.8. The lowest BCUT2D eigenvalue weighted by Gasteiger charge is -2.29. The zero-order chi connectivity index (χ0) is 17.8. The third-order valence-electron chi connectivity index (χ3n) is 4.41. The monoisotopic (exact) mass is 370 g/mol. The first kappa shape index (κ1) is 17.2. The van der Waals surface area contributed by atoms with Gasteiger partial charge in [0.25, 0.3) is 0 Å². The maximum atomic E-state index is 5.81. The van der Waals surface area contributed by atoms with Crippen molar-refractivity contribution in [3.63, 3.8) is 0 Å². The molecule has 0 saturated carbocycles. The van der Waals surface area contributed by atoms with Gasteiger partial charge in [-0.1, -0.05) is 12.1 Å². The number of aryl methyl sites for hydroxylation is 1. The van der Waals surface area contributed by atoms with Crippen molar-refractivity contribution in [2.75, 3.05) is 31.2 Å². The lowest BCUT2D eigenvalue weighted by atomic mass is 10.2. The summed E-state index contributed by atoms with van der Waals surface area (Å²) in [5, 5.41) is 5.51. The normalized spacial score (nSPS) is 14.7. The molecule has 0 bridgehead atoms. The quantitative estimate of drug-likeness (QED) is 0.719. The molecule has 4 heterocycles. The summed E-state index contributed by atoms with van der Waals surface area (Å²) in [5.41, 5.74) is 2.14. The fraction of sp³-hybridized carbons (Fsp3) is 0.368. The van der Waals surface area contributed by atoms with E-state index in [2.05, 4.69) is 26.3 Å². The Balaban J connectivity index is 1.41. The van der Waals surface area contributed by atoms with Gasteiger partial charge < -0.3 is 19.4 Å². The molecule has 26 heavy (non-hydrogen) atoms. The summed E-state index contributed by atoms with van der Waals surface area (Å²) >= 11 is 1.64. The topological polar surface area (TPSA) is 63.4 Å². The lowest BCUT2D eigenvalue weighted by molar-refractivity contribution is 0.122. The van der Waals surface area contributed by atoms with E-state index >= 15 is 0 Å². The predicted molar refractivity (Wildman–Crippen MR) is 102 cm³/mol. The molecule has 0 atom stereocenters. The highest BCUT2D eigenvalue weighted by Gasteiger charge is 2.16. The molecule has 136 valence electrons. The van der Waals surface area contributed by atoms with Crippen LogP contribution in [0.1, 0.15) is 17.0 Å². The Kier molecular flexibility index (Phi) is 5.29. The van der Waals surface area contributed by atoms with Gasteiger partial charge in [-0.25, -0.2) is 9.97 Å². The van der Waals surface area contributed by atoms with E-state index in [9.17, 15) is 0 Å². The number of pyridine rings is 1. The number of hydrogen-bond acceptors (Lipinski definition) is 7. The zero-order valence-electron chi connectivity index (χ0n) is 14.8. The van der Waals surface area contributed by atoms with Crippen LogP contribution in [-0.2, 0) is 17.8 Å². The van der Waals surface area contributed by atoms with Gasteiger partial charge in [-0.15, -0.1) is 11.3 Å². The molecule has 7 heteroatoms. The molecule has 1 aliphatic rings. The van der Waals surface area contributed by atoms with Crippen LogP contribution in [0, 0.1) is 6.92 Å². The maximum Gasteiger partial charge on any atom is 0.236 e. The maximum absolute atomic E-state index is 5.81. The minimum atomic E-state index is 0.665. The minimum absolute atomic E-state index is 0.665. The zero-order valence-corrected chi connectivity index (χ0v) is 15.6. The number of oxazole rings is 1. The smallest absolute Gasteiger partial charge is 0.236 e. The minimum Gasteiger partial charge on any atom is -0.440 e. The molecule has 1 N–H and O–H groups in total. The third kappa shape index (κ3) is 3.80. The van der Waals surface area contributed by atoms with Gasteiger partial charge in [0.05, 0.1) is 23.8 Å². The first-order valence-corrected chi connectivity index (χ1v) is 9.67. The Bertz CT molecular complexity index is 841. The van der Waals surface area contributed by atoms with Crippen molar-refractivity contribution in [2.24, 2.45) is 0 Å². The van der Waals surface area contributed by atoms with Gasteiger partial charge in [0.1, 0.15) is 11.6 Å². The van der Waals surface area contributed by atoms with Gasteiger partial charge >= 0.3 is 0 Å². The average molecular weight is 370 g/mol. The second kappa shape index (κ2) is 7.99. The number of rotatable bonds is 6. The van der Waals surface area contributed by atoms with Crippen LogP contribution < -0.4 is 10.2 Å². The van der Waals surface area contributed by atoms with Gasteiger partial charge in [-0.05, 0) is 24.4 Å². The van der Waals surface area contributed by atoms with Crippen molar-refractivity contribution in [1.82, 2.24) is 15.3 Å². The average Bonchev–Trinajstić information content (AvgIpc) is 3.33. The van der Waals surface area contributed by atoms with E-state index in [1.165, 1.54) is 5.56 Å². The lowest BCUT2D eigenvalue weighted by Crippen LogP contribution is -2.37. The van der Waals surface area contributed by atoms with Crippen LogP contribution in [-0.4, -0.2) is 36.3 Å². The van der Waals surface area contributed by atoms with Crippen LogP contribution in [0.2, 0.25) is 0 Å². The summed E-state index contributed by atoms with van der Waals surface area (Å²) in [4.78, 5) is 12.6. The van der Waals surface area contributed by atoms with Crippen LogP contribution in [0.5, 0.6) is 0 Å². The molecule has 1 aliphatic heterocycles. The number of aromatic nitrogens is 2. The van der Waals surface area contributed by atoms with Crippen molar-refractivity contribution in [2.45, 2.75) is 20.0 Å². The van der Waals surface area contributed by atoms with Crippen molar-refractivity contribution in [3.8, 4) is 10.8 Å². The van der Waals surface area contributed by atoms with Gasteiger partial charge in [0.2, 0.25) is 5.89 Å². The van der Waals surface area contributed by atoms with Gasteiger partial charge in [0.15, 0.2) is 0 Å². The van der Waals surface area contributed by atoms with Crippen LogP contribution in [0.3, 0.4) is 0 Å². The first-order valence-electron chi connectivity index (χ1n) is 8.79. The Morgan fingerprint density at radius 3 is 2.88 bits per heavy atom. The SMILES string of the molecule is Cc1oc(-c2cccs2)nc1CNCc1cccnc1N1CCOCC1. The van der Waals surface area contributed by atoms with E-state index in [0.717, 1.165) is 55.0 Å². The molecule has 0 spiro atoms. The molecule has 3 aromatic rings. The third-order valence-corrected chi connectivity index (χ3v) is 5.27. The summed E-state index contributed by atoms with van der Waals surface area (Å²) in [7, 11) is 0. The number of anilines is 1. The molecule has 4 rings (SSSR count). The van der Waals surface area contributed by atoms with Gasteiger partial charge in [-0.2, -0.15) is 0 Å². The van der Waals surface area contributed by atoms with E-state index in [-0.39, 0.29) is 0 Å². The molecule has 0 aliphatic carbocycles. The molecule has 0 radical (unpaired) electrons. The second-order valence-electron chi connectivity index (χ2n) is 6.19.